The van der Waals surface area contributed by atoms with E-state index in [1.165, 1.54) is 0 Å². The summed E-state index contributed by atoms with van der Waals surface area (Å²) < 4.78 is 10.1. The van der Waals surface area contributed by atoms with Gasteiger partial charge in [-0.2, -0.15) is 0 Å². The van der Waals surface area contributed by atoms with Crippen LogP contribution in [0.1, 0.15) is 5.76 Å². The van der Waals surface area contributed by atoms with Crippen LogP contribution in [0, 0.1) is 0 Å². The van der Waals surface area contributed by atoms with E-state index in [1.807, 2.05) is 6.07 Å². The molecule has 0 aromatic carbocycles. The SMILES string of the molecule is COCCN(Cc1ccco1)C(=O)CCl. The second-order valence-corrected chi connectivity index (χ2v) is 3.29. The van der Waals surface area contributed by atoms with E-state index < -0.39 is 0 Å². The molecular weight excluding hydrogens is 218 g/mol. The van der Waals surface area contributed by atoms with E-state index in [0.717, 1.165) is 5.76 Å². The summed E-state index contributed by atoms with van der Waals surface area (Å²) in [6, 6.07) is 3.61. The molecule has 1 amide bonds. The predicted molar refractivity (Wildman–Crippen MR) is 56.7 cm³/mol. The first-order chi connectivity index (χ1) is 7.27. The Balaban J connectivity index is 2.52. The summed E-state index contributed by atoms with van der Waals surface area (Å²) in [5, 5.41) is 0. The minimum atomic E-state index is -0.120. The van der Waals surface area contributed by atoms with Crippen LogP contribution in [0.15, 0.2) is 22.8 Å². The number of nitrogens with zero attached hydrogens (tertiary/aromatic N) is 1. The molecule has 5 heteroatoms. The van der Waals surface area contributed by atoms with Crippen molar-refractivity contribution in [1.82, 2.24) is 4.90 Å². The summed E-state index contributed by atoms with van der Waals surface area (Å²) in [5.41, 5.74) is 0. The van der Waals surface area contributed by atoms with Gasteiger partial charge in [-0.25, -0.2) is 0 Å². The van der Waals surface area contributed by atoms with Gasteiger partial charge in [0.25, 0.3) is 0 Å². The fraction of sp³-hybridized carbons (Fsp3) is 0.500. The van der Waals surface area contributed by atoms with Gasteiger partial charge in [0.2, 0.25) is 5.91 Å². The number of carbonyl (C=O) groups excluding carboxylic acids is 1. The lowest BCUT2D eigenvalue weighted by Gasteiger charge is -2.19. The van der Waals surface area contributed by atoms with Crippen LogP contribution in [0.2, 0.25) is 0 Å². The molecule has 0 radical (unpaired) electrons. The lowest BCUT2D eigenvalue weighted by Crippen LogP contribution is -2.34. The van der Waals surface area contributed by atoms with Gasteiger partial charge >= 0.3 is 0 Å². The lowest BCUT2D eigenvalue weighted by atomic mass is 10.4. The molecule has 0 unspecified atom stereocenters. The van der Waals surface area contributed by atoms with Gasteiger partial charge in [-0.3, -0.25) is 4.79 Å². The van der Waals surface area contributed by atoms with E-state index in [1.54, 1.807) is 24.3 Å². The molecule has 1 aromatic heterocycles. The van der Waals surface area contributed by atoms with Crippen molar-refractivity contribution in [3.05, 3.63) is 24.2 Å². The molecule has 0 N–H and O–H groups in total. The van der Waals surface area contributed by atoms with Gasteiger partial charge in [0.15, 0.2) is 0 Å². The Kier molecular flexibility index (Phi) is 5.21. The summed E-state index contributed by atoms with van der Waals surface area (Å²) in [6.07, 6.45) is 1.58. The monoisotopic (exact) mass is 231 g/mol. The van der Waals surface area contributed by atoms with Crippen LogP contribution >= 0.6 is 11.6 Å². The quantitative estimate of drug-likeness (QED) is 0.697. The highest BCUT2D eigenvalue weighted by Crippen LogP contribution is 2.06. The fourth-order valence-electron chi connectivity index (χ4n) is 1.17. The van der Waals surface area contributed by atoms with Gasteiger partial charge in [0.1, 0.15) is 11.6 Å². The van der Waals surface area contributed by atoms with Crippen molar-refractivity contribution in [3.63, 3.8) is 0 Å². The first kappa shape index (κ1) is 12.1. The second kappa shape index (κ2) is 6.48. The molecule has 0 saturated carbocycles. The predicted octanol–water partition coefficient (Wildman–Crippen LogP) is 1.49. The Morgan fingerprint density at radius 3 is 3.00 bits per heavy atom. The Hall–Kier alpha value is -1.000. The van der Waals surface area contributed by atoms with Crippen LogP contribution in [0.3, 0.4) is 0 Å². The van der Waals surface area contributed by atoms with Crippen LogP contribution < -0.4 is 0 Å². The zero-order chi connectivity index (χ0) is 11.1. The zero-order valence-electron chi connectivity index (χ0n) is 8.61. The molecule has 15 heavy (non-hydrogen) atoms. The van der Waals surface area contributed by atoms with E-state index in [9.17, 15) is 4.79 Å². The molecule has 0 saturated heterocycles. The number of ether oxygens (including phenoxy) is 1. The average Bonchev–Trinajstić information content (AvgIpc) is 2.75. The van der Waals surface area contributed by atoms with Crippen LogP contribution in [0.25, 0.3) is 0 Å². The highest BCUT2D eigenvalue weighted by atomic mass is 35.5. The topological polar surface area (TPSA) is 42.7 Å². The maximum atomic E-state index is 11.4. The molecule has 1 rings (SSSR count). The maximum absolute atomic E-state index is 11.4. The smallest absolute Gasteiger partial charge is 0.237 e. The minimum absolute atomic E-state index is 0.0234. The number of furan rings is 1. The van der Waals surface area contributed by atoms with Gasteiger partial charge in [0.05, 0.1) is 19.4 Å². The molecule has 0 aliphatic heterocycles. The van der Waals surface area contributed by atoms with Gasteiger partial charge in [0, 0.05) is 13.7 Å². The highest BCUT2D eigenvalue weighted by molar-refractivity contribution is 6.27. The summed E-state index contributed by atoms with van der Waals surface area (Å²) in [7, 11) is 1.59. The minimum Gasteiger partial charge on any atom is -0.467 e. The molecule has 0 aliphatic carbocycles. The molecule has 0 aliphatic rings. The first-order valence-electron chi connectivity index (χ1n) is 4.63. The largest absolute Gasteiger partial charge is 0.467 e. The molecule has 84 valence electrons. The molecule has 1 heterocycles. The highest BCUT2D eigenvalue weighted by Gasteiger charge is 2.13. The average molecular weight is 232 g/mol. The fourth-order valence-corrected chi connectivity index (χ4v) is 1.34. The molecule has 0 spiro atoms. The number of methoxy groups -OCH3 is 1. The molecule has 4 nitrogen and oxygen atoms in total. The Labute approximate surface area is 93.8 Å². The van der Waals surface area contributed by atoms with Crippen LogP contribution in [0.4, 0.5) is 0 Å². The third-order valence-electron chi connectivity index (χ3n) is 1.96. The molecular formula is C10H14ClNO3. The van der Waals surface area contributed by atoms with Crippen molar-refractivity contribution in [2.24, 2.45) is 0 Å². The van der Waals surface area contributed by atoms with Gasteiger partial charge in [-0.15, -0.1) is 11.6 Å². The number of hydrogen-bond donors (Lipinski definition) is 0. The third kappa shape index (κ3) is 3.93. The Bertz CT molecular complexity index is 287. The summed E-state index contributed by atoms with van der Waals surface area (Å²) in [4.78, 5) is 13.0. The second-order valence-electron chi connectivity index (χ2n) is 3.02. The van der Waals surface area contributed by atoms with Crippen molar-refractivity contribution in [1.29, 1.82) is 0 Å². The molecule has 1 aromatic rings. The number of alkyl halides is 1. The first-order valence-corrected chi connectivity index (χ1v) is 5.16. The van der Waals surface area contributed by atoms with Gasteiger partial charge < -0.3 is 14.1 Å². The van der Waals surface area contributed by atoms with E-state index in [-0.39, 0.29) is 11.8 Å². The Morgan fingerprint density at radius 1 is 1.67 bits per heavy atom. The molecule has 0 bridgehead atoms. The molecule has 0 fully saturated rings. The third-order valence-corrected chi connectivity index (χ3v) is 2.19. The van der Waals surface area contributed by atoms with Crippen molar-refractivity contribution in [2.75, 3.05) is 26.1 Å². The van der Waals surface area contributed by atoms with Crippen molar-refractivity contribution < 1.29 is 13.9 Å². The van der Waals surface area contributed by atoms with Crippen molar-refractivity contribution in [2.45, 2.75) is 6.54 Å². The van der Waals surface area contributed by atoms with Crippen molar-refractivity contribution in [3.8, 4) is 0 Å². The van der Waals surface area contributed by atoms with E-state index >= 15 is 0 Å². The summed E-state index contributed by atoms with van der Waals surface area (Å²) >= 11 is 5.50. The lowest BCUT2D eigenvalue weighted by molar-refractivity contribution is -0.130. The normalized spacial score (nSPS) is 10.3. The Morgan fingerprint density at radius 2 is 2.47 bits per heavy atom. The van der Waals surface area contributed by atoms with E-state index in [0.29, 0.717) is 19.7 Å². The number of amides is 1. The zero-order valence-corrected chi connectivity index (χ0v) is 9.37. The van der Waals surface area contributed by atoms with Gasteiger partial charge in [-0.1, -0.05) is 0 Å². The standard InChI is InChI=1S/C10H14ClNO3/c1-14-6-4-12(10(13)7-11)8-9-3-2-5-15-9/h2-3,5H,4,6-8H2,1H3. The van der Waals surface area contributed by atoms with Gasteiger partial charge in [-0.05, 0) is 12.1 Å². The molecule has 0 atom stereocenters. The van der Waals surface area contributed by atoms with E-state index in [2.05, 4.69) is 0 Å². The summed E-state index contributed by atoms with van der Waals surface area (Å²) in [6.45, 7) is 1.44. The number of halogens is 1. The number of rotatable bonds is 6. The van der Waals surface area contributed by atoms with Crippen molar-refractivity contribution >= 4 is 17.5 Å². The van der Waals surface area contributed by atoms with Crippen LogP contribution in [-0.2, 0) is 16.1 Å². The maximum Gasteiger partial charge on any atom is 0.237 e. The number of carbonyl (C=O) groups is 1. The number of hydrogen-bond acceptors (Lipinski definition) is 3. The van der Waals surface area contributed by atoms with Crippen LogP contribution in [0.5, 0.6) is 0 Å². The van der Waals surface area contributed by atoms with E-state index in [4.69, 9.17) is 20.8 Å². The van der Waals surface area contributed by atoms with Crippen LogP contribution in [-0.4, -0.2) is 36.9 Å². The summed E-state index contributed by atoms with van der Waals surface area (Å²) in [5.74, 6) is 0.597.